The fourth-order valence-corrected chi connectivity index (χ4v) is 8.73. The SMILES string of the molecule is C[C@H](CCC(=O)O)[C@H]1CC[C@H]2[C@@H]3[C@H](O)C[C@@H]4C[C@H](O)CC[C@]4(C)[C@H]3CC[C@]12C.[NaH]. The molecule has 0 aromatic heterocycles. The molecule has 162 valence electrons. The van der Waals surface area contributed by atoms with E-state index in [0.717, 1.165) is 32.1 Å². The van der Waals surface area contributed by atoms with Gasteiger partial charge in [-0.05, 0) is 104 Å². The molecule has 0 aromatic rings. The molecule has 0 unspecified atom stereocenters. The van der Waals surface area contributed by atoms with Crippen LogP contribution in [-0.2, 0) is 4.79 Å². The molecule has 4 fully saturated rings. The maximum absolute atomic E-state index is 11.2. The minimum absolute atomic E-state index is 0. The van der Waals surface area contributed by atoms with E-state index in [1.165, 1.54) is 25.7 Å². The first-order chi connectivity index (χ1) is 13.2. The molecular weight excluding hydrogens is 375 g/mol. The fourth-order valence-electron chi connectivity index (χ4n) is 8.73. The molecule has 0 spiro atoms. The Bertz CT molecular complexity index is 612. The van der Waals surface area contributed by atoms with Gasteiger partial charge in [0, 0.05) is 6.42 Å². The second-order valence-electron chi connectivity index (χ2n) is 11.4. The van der Waals surface area contributed by atoms with Crippen molar-refractivity contribution in [3.8, 4) is 0 Å². The predicted molar refractivity (Wildman–Crippen MR) is 116 cm³/mol. The fraction of sp³-hybridized carbons (Fsp3) is 0.958. The zero-order chi connectivity index (χ0) is 20.3. The summed E-state index contributed by atoms with van der Waals surface area (Å²) in [7, 11) is 0. The molecule has 0 aromatic carbocycles. The van der Waals surface area contributed by atoms with Gasteiger partial charge in [-0.1, -0.05) is 20.8 Å². The van der Waals surface area contributed by atoms with Crippen LogP contribution < -0.4 is 0 Å². The Kier molecular flexibility index (Phi) is 7.24. The van der Waals surface area contributed by atoms with E-state index in [4.69, 9.17) is 5.11 Å². The molecule has 0 aliphatic heterocycles. The van der Waals surface area contributed by atoms with Gasteiger partial charge in [0.2, 0.25) is 0 Å². The molecule has 0 bridgehead atoms. The average molecular weight is 417 g/mol. The van der Waals surface area contributed by atoms with Crippen molar-refractivity contribution in [1.82, 2.24) is 0 Å². The molecule has 10 atom stereocenters. The van der Waals surface area contributed by atoms with Gasteiger partial charge in [-0.15, -0.1) is 0 Å². The third kappa shape index (κ3) is 3.99. The van der Waals surface area contributed by atoms with Crippen LogP contribution in [0.25, 0.3) is 0 Å². The average Bonchev–Trinajstić information content (AvgIpc) is 2.98. The molecule has 4 nitrogen and oxygen atoms in total. The van der Waals surface area contributed by atoms with Gasteiger partial charge in [0.05, 0.1) is 12.2 Å². The number of aliphatic hydroxyl groups excluding tert-OH is 2. The molecule has 4 saturated carbocycles. The van der Waals surface area contributed by atoms with Gasteiger partial charge in [0.25, 0.3) is 0 Å². The minimum atomic E-state index is -0.684. The number of fused-ring (bicyclic) bond motifs is 5. The number of rotatable bonds is 4. The van der Waals surface area contributed by atoms with Gasteiger partial charge in [-0.2, -0.15) is 0 Å². The van der Waals surface area contributed by atoms with E-state index in [0.29, 0.717) is 35.5 Å². The van der Waals surface area contributed by atoms with Crippen LogP contribution in [0.2, 0.25) is 0 Å². The third-order valence-corrected chi connectivity index (χ3v) is 10.2. The Morgan fingerprint density at radius 3 is 2.34 bits per heavy atom. The first kappa shape index (κ1) is 24.0. The summed E-state index contributed by atoms with van der Waals surface area (Å²) in [6, 6.07) is 0. The number of carboxylic acid groups (broad SMARTS) is 1. The number of carboxylic acids is 1. The van der Waals surface area contributed by atoms with Crippen LogP contribution >= 0.6 is 0 Å². The van der Waals surface area contributed by atoms with Crippen molar-refractivity contribution in [2.75, 3.05) is 0 Å². The zero-order valence-corrected chi connectivity index (χ0v) is 17.9. The van der Waals surface area contributed by atoms with E-state index >= 15 is 0 Å². The topological polar surface area (TPSA) is 77.8 Å². The van der Waals surface area contributed by atoms with Crippen LogP contribution in [0.3, 0.4) is 0 Å². The van der Waals surface area contributed by atoms with Crippen LogP contribution in [0.15, 0.2) is 0 Å². The van der Waals surface area contributed by atoms with Crippen LogP contribution in [-0.4, -0.2) is 63.1 Å². The normalized spacial score (nSPS) is 49.9. The van der Waals surface area contributed by atoms with Gasteiger partial charge in [0.1, 0.15) is 0 Å². The van der Waals surface area contributed by atoms with E-state index in [9.17, 15) is 15.0 Å². The Balaban J connectivity index is 0.00000240. The number of hydrogen-bond donors (Lipinski definition) is 3. The molecule has 4 aliphatic carbocycles. The number of aliphatic carboxylic acids is 1. The van der Waals surface area contributed by atoms with Gasteiger partial charge in [-0.3, -0.25) is 4.79 Å². The van der Waals surface area contributed by atoms with Crippen LogP contribution in [0.5, 0.6) is 0 Å². The standard InChI is InChI=1S/C24H40O4.Na.H/c1-14(4-7-21(27)28)17-5-6-18-22-19(9-11-24(17,18)3)23(2)10-8-16(25)12-15(23)13-20(22)26;;/h14-20,22,25-26H,4-13H2,1-3H3,(H,27,28);;/t14-,15+,16-,17-,18+,19+,20-,22+,23+,24-;;/m1../s1. The monoisotopic (exact) mass is 416 g/mol. The van der Waals surface area contributed by atoms with Gasteiger partial charge in [0.15, 0.2) is 0 Å². The van der Waals surface area contributed by atoms with E-state index in [1.807, 2.05) is 0 Å². The first-order valence-electron chi connectivity index (χ1n) is 11.7. The van der Waals surface area contributed by atoms with Gasteiger partial charge < -0.3 is 15.3 Å². The molecule has 0 amide bonds. The second-order valence-corrected chi connectivity index (χ2v) is 11.4. The van der Waals surface area contributed by atoms with Crippen molar-refractivity contribution >= 4 is 35.5 Å². The van der Waals surface area contributed by atoms with Crippen LogP contribution in [0.1, 0.15) is 85.0 Å². The van der Waals surface area contributed by atoms with E-state index in [-0.39, 0.29) is 59.0 Å². The molecule has 4 aliphatic rings. The summed E-state index contributed by atoms with van der Waals surface area (Å²) in [5, 5.41) is 30.5. The van der Waals surface area contributed by atoms with Gasteiger partial charge in [-0.25, -0.2) is 0 Å². The first-order valence-corrected chi connectivity index (χ1v) is 11.7. The van der Waals surface area contributed by atoms with Crippen molar-refractivity contribution < 1.29 is 20.1 Å². The molecular formula is C24H41NaO4. The van der Waals surface area contributed by atoms with E-state index in [2.05, 4.69) is 20.8 Å². The number of aliphatic hydroxyl groups is 2. The Labute approximate surface area is 198 Å². The predicted octanol–water partition coefficient (Wildman–Crippen LogP) is 3.83. The Morgan fingerprint density at radius 2 is 1.66 bits per heavy atom. The summed E-state index contributed by atoms with van der Waals surface area (Å²) in [6.07, 6.45) is 9.19. The molecule has 5 heteroatoms. The van der Waals surface area contributed by atoms with Crippen molar-refractivity contribution in [2.24, 2.45) is 46.3 Å². The summed E-state index contributed by atoms with van der Waals surface area (Å²) < 4.78 is 0. The Morgan fingerprint density at radius 1 is 1.00 bits per heavy atom. The summed E-state index contributed by atoms with van der Waals surface area (Å²) in [4.78, 5) is 11.1. The third-order valence-electron chi connectivity index (χ3n) is 10.2. The summed E-state index contributed by atoms with van der Waals surface area (Å²) in [5.41, 5.74) is 0.523. The molecule has 0 radical (unpaired) electrons. The van der Waals surface area contributed by atoms with Crippen molar-refractivity contribution in [3.05, 3.63) is 0 Å². The number of carbonyl (C=O) groups is 1. The molecule has 29 heavy (non-hydrogen) atoms. The summed E-state index contributed by atoms with van der Waals surface area (Å²) >= 11 is 0. The second kappa shape index (κ2) is 8.73. The van der Waals surface area contributed by atoms with E-state index in [1.54, 1.807) is 0 Å². The maximum atomic E-state index is 11.2. The summed E-state index contributed by atoms with van der Waals surface area (Å²) in [6.45, 7) is 7.16. The van der Waals surface area contributed by atoms with Gasteiger partial charge >= 0.3 is 35.5 Å². The quantitative estimate of drug-likeness (QED) is 0.609. The zero-order valence-electron chi connectivity index (χ0n) is 17.9. The molecule has 4 rings (SSSR count). The molecule has 0 heterocycles. The van der Waals surface area contributed by atoms with Crippen molar-refractivity contribution in [3.63, 3.8) is 0 Å². The molecule has 3 N–H and O–H groups in total. The Hall–Kier alpha value is 0.390. The van der Waals surface area contributed by atoms with Crippen molar-refractivity contribution in [2.45, 2.75) is 97.2 Å². The van der Waals surface area contributed by atoms with Crippen LogP contribution in [0.4, 0.5) is 0 Å². The molecule has 0 saturated heterocycles. The van der Waals surface area contributed by atoms with E-state index < -0.39 is 5.97 Å². The number of hydrogen-bond acceptors (Lipinski definition) is 3. The van der Waals surface area contributed by atoms with Crippen molar-refractivity contribution in [1.29, 1.82) is 0 Å². The summed E-state index contributed by atoms with van der Waals surface area (Å²) in [5.74, 6) is 2.36. The van der Waals surface area contributed by atoms with Crippen LogP contribution in [0, 0.1) is 46.3 Å².